The van der Waals surface area contributed by atoms with Crippen molar-refractivity contribution in [3.8, 4) is 0 Å². The molecule has 0 spiro atoms. The Kier molecular flexibility index (Phi) is 8.56. The van der Waals surface area contributed by atoms with Crippen molar-refractivity contribution in [1.82, 2.24) is 13.9 Å². The Labute approximate surface area is 135 Å². The predicted molar refractivity (Wildman–Crippen MR) is 92.0 cm³/mol. The second-order valence-electron chi connectivity index (χ2n) is 5.72. The van der Waals surface area contributed by atoms with Gasteiger partial charge in [0.05, 0.1) is 0 Å². The molecular formula is C14H31N3O2S2. The number of likely N-dealkylation sites (N-methyl/N-ethyl adjacent to an activating group) is 1. The minimum Gasteiger partial charge on any atom is -0.315 e. The molecule has 0 saturated carbocycles. The Balaban J connectivity index is 2.76. The van der Waals surface area contributed by atoms with Crippen LogP contribution < -0.4 is 5.32 Å². The second kappa shape index (κ2) is 9.35. The van der Waals surface area contributed by atoms with Gasteiger partial charge in [-0.2, -0.15) is 28.8 Å². The maximum atomic E-state index is 12.9. The molecular weight excluding hydrogens is 306 g/mol. The van der Waals surface area contributed by atoms with Gasteiger partial charge in [0.25, 0.3) is 10.2 Å². The molecule has 7 heteroatoms. The summed E-state index contributed by atoms with van der Waals surface area (Å²) < 4.78 is 29.0. The van der Waals surface area contributed by atoms with E-state index in [-0.39, 0.29) is 12.1 Å². The van der Waals surface area contributed by atoms with Crippen LogP contribution in [0.3, 0.4) is 0 Å². The molecule has 0 radical (unpaired) electrons. The number of nitrogens with zero attached hydrogens (tertiary/aromatic N) is 2. The lowest BCUT2D eigenvalue weighted by molar-refractivity contribution is 0.223. The molecule has 5 nitrogen and oxygen atoms in total. The molecule has 126 valence electrons. The van der Waals surface area contributed by atoms with Gasteiger partial charge in [0.15, 0.2) is 0 Å². The molecule has 1 rings (SSSR count). The van der Waals surface area contributed by atoms with Gasteiger partial charge in [-0.3, -0.25) is 0 Å². The molecule has 1 heterocycles. The van der Waals surface area contributed by atoms with Crippen molar-refractivity contribution in [3.63, 3.8) is 0 Å². The summed E-state index contributed by atoms with van der Waals surface area (Å²) in [5.74, 6) is 0.988. The molecule has 0 amide bonds. The summed E-state index contributed by atoms with van der Waals surface area (Å²) in [7, 11) is -1.63. The van der Waals surface area contributed by atoms with Crippen LogP contribution in [0.4, 0.5) is 0 Å². The Bertz CT molecular complexity index is 390. The molecule has 21 heavy (non-hydrogen) atoms. The van der Waals surface area contributed by atoms with Crippen LogP contribution in [0.15, 0.2) is 0 Å². The van der Waals surface area contributed by atoms with Crippen LogP contribution in [0.1, 0.15) is 39.5 Å². The van der Waals surface area contributed by atoms with Gasteiger partial charge < -0.3 is 5.32 Å². The SMILES string of the molecule is CCNCC1CCCCN1S(=O)(=O)N(C)C(C)CCSC. The standard InChI is InChI=1S/C14H31N3O2S2/c1-5-15-12-14-8-6-7-10-17(14)21(18,19)16(3)13(2)9-11-20-4/h13-15H,5-12H2,1-4H3. The highest BCUT2D eigenvalue weighted by Crippen LogP contribution is 2.23. The van der Waals surface area contributed by atoms with E-state index in [1.54, 1.807) is 27.4 Å². The van der Waals surface area contributed by atoms with E-state index in [4.69, 9.17) is 0 Å². The van der Waals surface area contributed by atoms with E-state index in [2.05, 4.69) is 18.5 Å². The van der Waals surface area contributed by atoms with E-state index < -0.39 is 10.2 Å². The van der Waals surface area contributed by atoms with Crippen molar-refractivity contribution in [1.29, 1.82) is 0 Å². The summed E-state index contributed by atoms with van der Waals surface area (Å²) in [6, 6.07) is 0.142. The van der Waals surface area contributed by atoms with Crippen molar-refractivity contribution in [3.05, 3.63) is 0 Å². The lowest BCUT2D eigenvalue weighted by Gasteiger charge is -2.38. The third kappa shape index (κ3) is 5.39. The lowest BCUT2D eigenvalue weighted by atomic mass is 10.1. The van der Waals surface area contributed by atoms with E-state index in [1.807, 2.05) is 6.92 Å². The zero-order chi connectivity index (χ0) is 15.9. The Hall–Kier alpha value is 0.180. The molecule has 0 aromatic carbocycles. The highest BCUT2D eigenvalue weighted by atomic mass is 32.2. The zero-order valence-electron chi connectivity index (χ0n) is 13.8. The molecule has 1 fully saturated rings. The molecule has 0 aromatic heterocycles. The number of hydrogen-bond acceptors (Lipinski definition) is 4. The van der Waals surface area contributed by atoms with Crippen molar-refractivity contribution in [2.24, 2.45) is 0 Å². The smallest absolute Gasteiger partial charge is 0.282 e. The molecule has 2 atom stereocenters. The minimum absolute atomic E-state index is 0.0455. The van der Waals surface area contributed by atoms with Crippen LogP contribution in [0, 0.1) is 0 Å². The quantitative estimate of drug-likeness (QED) is 0.697. The van der Waals surface area contributed by atoms with E-state index in [0.29, 0.717) is 6.54 Å². The Morgan fingerprint density at radius 3 is 2.76 bits per heavy atom. The van der Waals surface area contributed by atoms with Crippen molar-refractivity contribution < 1.29 is 8.42 Å². The molecule has 0 bridgehead atoms. The molecule has 1 aliphatic heterocycles. The number of rotatable bonds is 9. The van der Waals surface area contributed by atoms with E-state index in [9.17, 15) is 8.42 Å². The third-order valence-corrected chi connectivity index (χ3v) is 7.03. The molecule has 1 aliphatic rings. The van der Waals surface area contributed by atoms with Crippen LogP contribution in [0.5, 0.6) is 0 Å². The zero-order valence-corrected chi connectivity index (χ0v) is 15.5. The normalized spacial score (nSPS) is 22.6. The van der Waals surface area contributed by atoms with Gasteiger partial charge in [0.2, 0.25) is 0 Å². The van der Waals surface area contributed by atoms with Gasteiger partial charge >= 0.3 is 0 Å². The maximum Gasteiger partial charge on any atom is 0.282 e. The monoisotopic (exact) mass is 337 g/mol. The van der Waals surface area contributed by atoms with E-state index >= 15 is 0 Å². The van der Waals surface area contributed by atoms with Gasteiger partial charge in [0, 0.05) is 32.2 Å². The first kappa shape index (κ1) is 19.2. The van der Waals surface area contributed by atoms with Crippen LogP contribution in [-0.2, 0) is 10.2 Å². The summed E-state index contributed by atoms with van der Waals surface area (Å²) >= 11 is 1.76. The molecule has 1 saturated heterocycles. The predicted octanol–water partition coefficient (Wildman–Crippen LogP) is 1.77. The summed E-state index contributed by atoms with van der Waals surface area (Å²) in [6.07, 6.45) is 5.99. The average molecular weight is 338 g/mol. The Morgan fingerprint density at radius 1 is 1.43 bits per heavy atom. The van der Waals surface area contributed by atoms with Gasteiger partial charge in [-0.05, 0) is 44.7 Å². The summed E-state index contributed by atoms with van der Waals surface area (Å²) in [4.78, 5) is 0. The van der Waals surface area contributed by atoms with Crippen LogP contribution in [0.2, 0.25) is 0 Å². The maximum absolute atomic E-state index is 12.9. The van der Waals surface area contributed by atoms with Crippen LogP contribution in [0.25, 0.3) is 0 Å². The van der Waals surface area contributed by atoms with Gasteiger partial charge in [-0.15, -0.1) is 0 Å². The Morgan fingerprint density at radius 2 is 2.14 bits per heavy atom. The summed E-state index contributed by atoms with van der Waals surface area (Å²) in [6.45, 7) is 6.33. The van der Waals surface area contributed by atoms with Crippen molar-refractivity contribution in [2.45, 2.75) is 51.6 Å². The first-order valence-electron chi connectivity index (χ1n) is 7.89. The highest BCUT2D eigenvalue weighted by Gasteiger charge is 2.36. The van der Waals surface area contributed by atoms with Gasteiger partial charge in [-0.1, -0.05) is 13.3 Å². The minimum atomic E-state index is -3.35. The highest BCUT2D eigenvalue weighted by molar-refractivity contribution is 7.98. The lowest BCUT2D eigenvalue weighted by Crippen LogP contribution is -2.54. The van der Waals surface area contributed by atoms with Crippen LogP contribution in [-0.4, -0.2) is 67.8 Å². The third-order valence-electron chi connectivity index (χ3n) is 4.22. The molecule has 2 unspecified atom stereocenters. The molecule has 0 aromatic rings. The van der Waals surface area contributed by atoms with E-state index in [1.165, 1.54) is 0 Å². The molecule has 0 aliphatic carbocycles. The number of hydrogen-bond donors (Lipinski definition) is 1. The van der Waals surface area contributed by atoms with Gasteiger partial charge in [0.1, 0.15) is 0 Å². The second-order valence-corrected chi connectivity index (χ2v) is 8.65. The fraction of sp³-hybridized carbons (Fsp3) is 1.00. The largest absolute Gasteiger partial charge is 0.315 e. The fourth-order valence-electron chi connectivity index (χ4n) is 2.66. The van der Waals surface area contributed by atoms with Crippen molar-refractivity contribution >= 4 is 22.0 Å². The van der Waals surface area contributed by atoms with Crippen molar-refractivity contribution in [2.75, 3.05) is 38.7 Å². The van der Waals surface area contributed by atoms with E-state index in [0.717, 1.165) is 44.5 Å². The fourth-order valence-corrected chi connectivity index (χ4v) is 5.04. The number of thioether (sulfide) groups is 1. The first-order valence-corrected chi connectivity index (χ1v) is 10.7. The summed E-state index contributed by atoms with van der Waals surface area (Å²) in [5, 5.41) is 3.29. The van der Waals surface area contributed by atoms with Gasteiger partial charge in [-0.25, -0.2) is 0 Å². The summed E-state index contributed by atoms with van der Waals surface area (Å²) in [5.41, 5.74) is 0. The van der Waals surface area contributed by atoms with Crippen LogP contribution >= 0.6 is 11.8 Å². The first-order chi connectivity index (χ1) is 9.95. The number of nitrogens with one attached hydrogen (secondary N) is 1. The average Bonchev–Trinajstić information content (AvgIpc) is 2.49. The topological polar surface area (TPSA) is 52.7 Å². The molecule has 1 N–H and O–H groups in total. The number of piperidine rings is 1.